The molecule has 0 aromatic heterocycles. The van der Waals surface area contributed by atoms with E-state index < -0.39 is 6.04 Å². The molecule has 264 valence electrons. The molecule has 1 aromatic carbocycles. The minimum Gasteiger partial charge on any atom is -0.461 e. The van der Waals surface area contributed by atoms with Gasteiger partial charge in [0.15, 0.2) is 0 Å². The van der Waals surface area contributed by atoms with Crippen molar-refractivity contribution in [1.29, 1.82) is 0 Å². The summed E-state index contributed by atoms with van der Waals surface area (Å²) in [6.07, 6.45) is 4.87. The molecule has 0 spiro atoms. The van der Waals surface area contributed by atoms with Gasteiger partial charge in [0.05, 0.1) is 12.5 Å². The van der Waals surface area contributed by atoms with Gasteiger partial charge in [0.25, 0.3) is 0 Å². The van der Waals surface area contributed by atoms with E-state index in [1.165, 1.54) is 19.3 Å². The largest absolute Gasteiger partial charge is 0.461 e. The molecule has 7 N–H and O–H groups in total. The normalized spacial score (nSPS) is 11.1. The number of carbonyl (C=O) groups is 3. The van der Waals surface area contributed by atoms with Crippen LogP contribution in [0.2, 0.25) is 0 Å². The monoisotopic (exact) mass is 647 g/mol. The van der Waals surface area contributed by atoms with Gasteiger partial charge < -0.3 is 37.1 Å². The van der Waals surface area contributed by atoms with Crippen LogP contribution in [0.5, 0.6) is 0 Å². The van der Waals surface area contributed by atoms with Crippen LogP contribution in [0.15, 0.2) is 61.6 Å². The maximum absolute atomic E-state index is 12.7. The van der Waals surface area contributed by atoms with Crippen LogP contribution in [0.3, 0.4) is 0 Å². The van der Waals surface area contributed by atoms with Gasteiger partial charge in [-0.15, -0.1) is 0 Å². The topological polar surface area (TPSA) is 157 Å². The van der Waals surface area contributed by atoms with Gasteiger partial charge in [0, 0.05) is 36.7 Å². The summed E-state index contributed by atoms with van der Waals surface area (Å²) in [4.78, 5) is 36.6. The van der Waals surface area contributed by atoms with Crippen molar-refractivity contribution in [2.24, 2.45) is 17.6 Å². The number of carbonyl (C=O) groups excluding carboxylic acids is 3. The van der Waals surface area contributed by atoms with Crippen molar-refractivity contribution in [1.82, 2.24) is 21.3 Å². The van der Waals surface area contributed by atoms with Crippen molar-refractivity contribution >= 4 is 23.5 Å². The average Bonchev–Trinajstić information content (AvgIpc) is 3.94. The Kier molecular flexibility index (Phi) is 31.6. The number of hydrogen-bond donors (Lipinski definition) is 6. The molecule has 1 fully saturated rings. The van der Waals surface area contributed by atoms with Crippen LogP contribution in [-0.2, 0) is 25.7 Å². The summed E-state index contributed by atoms with van der Waals surface area (Å²) in [5.41, 5.74) is 7.87. The molecular formula is C36H66N6O4. The van der Waals surface area contributed by atoms with Gasteiger partial charge in [0.2, 0.25) is 11.8 Å². The zero-order chi connectivity index (χ0) is 35.9. The molecule has 0 aliphatic carbocycles. The van der Waals surface area contributed by atoms with Crippen LogP contribution in [0, 0.1) is 11.8 Å². The number of unbranched alkanes of at least 4 members (excludes halogenated alkanes) is 1. The first kappa shape index (κ1) is 46.6. The number of ether oxygens (including phenoxy) is 1. The van der Waals surface area contributed by atoms with Gasteiger partial charge in [-0.25, -0.2) is 0 Å². The number of nitrogens with one attached hydrogen (secondary N) is 5. The molecule has 1 unspecified atom stereocenters. The molecule has 10 heteroatoms. The maximum Gasteiger partial charge on any atom is 0.308 e. The molecule has 2 amide bonds. The number of esters is 1. The smallest absolute Gasteiger partial charge is 0.308 e. The van der Waals surface area contributed by atoms with Gasteiger partial charge in [-0.3, -0.25) is 14.4 Å². The lowest BCUT2D eigenvalue weighted by molar-refractivity contribution is -0.148. The van der Waals surface area contributed by atoms with Crippen LogP contribution in [-0.4, -0.2) is 50.0 Å². The van der Waals surface area contributed by atoms with Crippen molar-refractivity contribution in [3.8, 4) is 0 Å². The number of amides is 2. The van der Waals surface area contributed by atoms with Crippen LogP contribution < -0.4 is 32.3 Å². The molecule has 1 aliphatic heterocycles. The molecule has 0 bridgehead atoms. The van der Waals surface area contributed by atoms with Crippen molar-refractivity contribution in [2.45, 2.75) is 101 Å². The number of rotatable bonds is 17. The Labute approximate surface area is 280 Å². The second kappa shape index (κ2) is 31.2. The fourth-order valence-corrected chi connectivity index (χ4v) is 3.17. The second-order valence-electron chi connectivity index (χ2n) is 10.5. The summed E-state index contributed by atoms with van der Waals surface area (Å²) >= 11 is 0. The van der Waals surface area contributed by atoms with Gasteiger partial charge in [-0.1, -0.05) is 94.2 Å². The molecule has 1 aromatic rings. The van der Waals surface area contributed by atoms with Crippen molar-refractivity contribution in [2.75, 3.05) is 31.5 Å². The van der Waals surface area contributed by atoms with Crippen LogP contribution >= 0.6 is 0 Å². The molecular weight excluding hydrogens is 580 g/mol. The Morgan fingerprint density at radius 2 is 1.50 bits per heavy atom. The van der Waals surface area contributed by atoms with Crippen molar-refractivity contribution in [3.05, 3.63) is 67.2 Å². The Morgan fingerprint density at radius 3 is 1.96 bits per heavy atom. The number of allylic oxidation sites excluding steroid dienone is 2. The third-order valence-corrected chi connectivity index (χ3v) is 5.78. The lowest BCUT2D eigenvalue weighted by atomic mass is 10.0. The Morgan fingerprint density at radius 1 is 0.957 bits per heavy atom. The first-order valence-electron chi connectivity index (χ1n) is 16.7. The molecule has 1 heterocycles. The van der Waals surface area contributed by atoms with E-state index in [1.54, 1.807) is 38.1 Å². The Balaban J connectivity index is -0.00000162. The van der Waals surface area contributed by atoms with E-state index in [9.17, 15) is 14.4 Å². The predicted molar refractivity (Wildman–Crippen MR) is 195 cm³/mol. The van der Waals surface area contributed by atoms with Crippen LogP contribution in [0.25, 0.3) is 0 Å². The van der Waals surface area contributed by atoms with E-state index in [0.717, 1.165) is 49.2 Å². The highest BCUT2D eigenvalue weighted by atomic mass is 16.5. The van der Waals surface area contributed by atoms with Crippen molar-refractivity contribution in [3.63, 3.8) is 0 Å². The molecule has 0 saturated carbocycles. The molecule has 1 saturated heterocycles. The summed E-state index contributed by atoms with van der Waals surface area (Å²) in [5.74, 6) is -0.986. The predicted octanol–water partition coefficient (Wildman–Crippen LogP) is 5.98. The van der Waals surface area contributed by atoms with Gasteiger partial charge in [-0.05, 0) is 55.5 Å². The SMILES string of the molecule is C1CN1.C=C(CC)NCCCCC(=C)NC(C(=O)NCC(=O)Nc1ccc(COC(=O)C(C)C)cc1)C(C)C.C=CN.CC.CC. The van der Waals surface area contributed by atoms with E-state index in [4.69, 9.17) is 4.74 Å². The highest BCUT2D eigenvalue weighted by Gasteiger charge is 2.22. The Hall–Kier alpha value is -3.79. The van der Waals surface area contributed by atoms with E-state index in [-0.39, 0.29) is 42.8 Å². The van der Waals surface area contributed by atoms with E-state index in [0.29, 0.717) is 5.69 Å². The third-order valence-electron chi connectivity index (χ3n) is 5.78. The van der Waals surface area contributed by atoms with Gasteiger partial charge in [0.1, 0.15) is 12.6 Å². The summed E-state index contributed by atoms with van der Waals surface area (Å²) < 4.78 is 5.20. The summed E-state index contributed by atoms with van der Waals surface area (Å²) in [5, 5.41) is 15.0. The average molecular weight is 647 g/mol. The molecule has 10 nitrogen and oxygen atoms in total. The standard InChI is InChI=1S/C28H44N4O4.2C2H5N.2C2H6/c1-8-21(6)29-16-10-9-11-22(7)31-26(19(2)3)27(34)30-17-25(33)32-24-14-12-23(13-15-24)18-36-28(35)20(4)5;1-2-3-1;1-2-3;2*1-2/h12-15,19-20,26,29,31H,6-11,16-18H2,1-5H3,(H,30,34)(H,32,33);3H,1-2H2;2H,1,3H2;2*1-2H3. The minimum absolute atomic E-state index is 0.0247. The number of hydrogen-bond acceptors (Lipinski definition) is 8. The first-order chi connectivity index (χ1) is 21.9. The molecule has 1 aliphatic rings. The lowest BCUT2D eigenvalue weighted by Gasteiger charge is -2.24. The van der Waals surface area contributed by atoms with E-state index >= 15 is 0 Å². The number of nitrogens with two attached hydrogens (primary N) is 1. The van der Waals surface area contributed by atoms with Crippen LogP contribution in [0.1, 0.15) is 93.6 Å². The molecule has 0 radical (unpaired) electrons. The van der Waals surface area contributed by atoms with Crippen molar-refractivity contribution < 1.29 is 19.1 Å². The molecule has 46 heavy (non-hydrogen) atoms. The lowest BCUT2D eigenvalue weighted by Crippen LogP contribution is -2.48. The quantitative estimate of drug-likeness (QED) is 0.0686. The summed E-state index contributed by atoms with van der Waals surface area (Å²) in [6, 6.07) is 6.55. The third kappa shape index (κ3) is 27.7. The van der Waals surface area contributed by atoms with E-state index in [1.807, 2.05) is 41.5 Å². The van der Waals surface area contributed by atoms with Gasteiger partial charge in [-0.2, -0.15) is 0 Å². The van der Waals surface area contributed by atoms with Crippen LogP contribution in [0.4, 0.5) is 5.69 Å². The fraction of sp³-hybridized carbons (Fsp3) is 0.583. The summed E-state index contributed by atoms with van der Waals surface area (Å²) in [7, 11) is 0. The maximum atomic E-state index is 12.7. The first-order valence-corrected chi connectivity index (χ1v) is 16.7. The summed E-state index contributed by atoms with van der Waals surface area (Å²) in [6.45, 7) is 32.1. The molecule has 1 atom stereocenters. The zero-order valence-electron chi connectivity index (χ0n) is 30.3. The molecule has 2 rings (SSSR count). The van der Waals surface area contributed by atoms with E-state index in [2.05, 4.69) is 59.0 Å². The number of benzene rings is 1. The number of anilines is 1. The highest BCUT2D eigenvalue weighted by molar-refractivity contribution is 5.95. The minimum atomic E-state index is -0.476. The highest BCUT2D eigenvalue weighted by Crippen LogP contribution is 2.12. The second-order valence-corrected chi connectivity index (χ2v) is 10.5. The Bertz CT molecular complexity index is 972. The zero-order valence-corrected chi connectivity index (χ0v) is 30.3. The van der Waals surface area contributed by atoms with Gasteiger partial charge >= 0.3 is 5.97 Å². The fourth-order valence-electron chi connectivity index (χ4n) is 3.17.